The molecule has 1 aromatic carbocycles. The van der Waals surface area contributed by atoms with Crippen LogP contribution in [0.15, 0.2) is 22.7 Å². The summed E-state index contributed by atoms with van der Waals surface area (Å²) in [6.45, 7) is 6.20. The molecule has 1 atom stereocenters. The van der Waals surface area contributed by atoms with Gasteiger partial charge in [0, 0.05) is 42.3 Å². The second kappa shape index (κ2) is 11.6. The zero-order chi connectivity index (χ0) is 14.4. The first-order valence-corrected chi connectivity index (χ1v) is 8.42. The molecule has 0 radical (unpaired) electrons. The number of piperazine rings is 1. The summed E-state index contributed by atoms with van der Waals surface area (Å²) in [5.74, 6) is -0.0839. The Balaban J connectivity index is 0.00000220. The maximum absolute atomic E-state index is 14.3. The Morgan fingerprint density at radius 1 is 1.23 bits per heavy atom. The van der Waals surface area contributed by atoms with Crippen molar-refractivity contribution in [1.82, 2.24) is 10.2 Å². The highest BCUT2D eigenvalue weighted by atomic mass is 79.9. The van der Waals surface area contributed by atoms with E-state index in [2.05, 4.69) is 33.1 Å². The smallest absolute Gasteiger partial charge is 0.129 e. The van der Waals surface area contributed by atoms with Crippen molar-refractivity contribution in [2.45, 2.75) is 38.6 Å². The highest BCUT2D eigenvalue weighted by Gasteiger charge is 2.25. The molecular formula is C16H26BrCl2FN2. The van der Waals surface area contributed by atoms with Gasteiger partial charge in [-0.05, 0) is 18.6 Å². The second-order valence-corrected chi connectivity index (χ2v) is 6.29. The molecule has 0 saturated carbocycles. The van der Waals surface area contributed by atoms with Gasteiger partial charge in [0.2, 0.25) is 0 Å². The van der Waals surface area contributed by atoms with Crippen LogP contribution < -0.4 is 5.32 Å². The van der Waals surface area contributed by atoms with E-state index in [9.17, 15) is 4.39 Å². The van der Waals surface area contributed by atoms with Crippen LogP contribution in [-0.4, -0.2) is 31.1 Å². The average Bonchev–Trinajstić information content (AvgIpc) is 2.46. The van der Waals surface area contributed by atoms with Crippen molar-refractivity contribution in [1.29, 1.82) is 0 Å². The molecule has 1 fully saturated rings. The third-order valence-electron chi connectivity index (χ3n) is 4.01. The highest BCUT2D eigenvalue weighted by molar-refractivity contribution is 9.10. The van der Waals surface area contributed by atoms with Gasteiger partial charge in [-0.25, -0.2) is 4.39 Å². The van der Waals surface area contributed by atoms with Crippen molar-refractivity contribution in [3.05, 3.63) is 34.1 Å². The first-order chi connectivity index (χ1) is 9.74. The predicted molar refractivity (Wildman–Crippen MR) is 99.9 cm³/mol. The lowest BCUT2D eigenvalue weighted by Crippen LogP contribution is -2.45. The summed E-state index contributed by atoms with van der Waals surface area (Å²) in [6, 6.07) is 5.49. The molecular weight excluding hydrogens is 390 g/mol. The quantitative estimate of drug-likeness (QED) is 0.660. The van der Waals surface area contributed by atoms with Gasteiger partial charge in [-0.2, -0.15) is 0 Å². The molecule has 22 heavy (non-hydrogen) atoms. The van der Waals surface area contributed by atoms with Gasteiger partial charge in [-0.1, -0.05) is 48.2 Å². The van der Waals surface area contributed by atoms with E-state index in [1.807, 2.05) is 6.07 Å². The second-order valence-electron chi connectivity index (χ2n) is 5.43. The predicted octanol–water partition coefficient (Wildman–Crippen LogP) is 4.96. The summed E-state index contributed by atoms with van der Waals surface area (Å²) in [5, 5.41) is 3.37. The van der Waals surface area contributed by atoms with Crippen LogP contribution in [0.2, 0.25) is 0 Å². The fourth-order valence-electron chi connectivity index (χ4n) is 2.92. The molecule has 1 saturated heterocycles. The molecule has 0 spiro atoms. The van der Waals surface area contributed by atoms with E-state index in [1.54, 1.807) is 12.1 Å². The van der Waals surface area contributed by atoms with Crippen molar-refractivity contribution < 1.29 is 4.39 Å². The van der Waals surface area contributed by atoms with Gasteiger partial charge >= 0.3 is 0 Å². The van der Waals surface area contributed by atoms with Gasteiger partial charge in [0.15, 0.2) is 0 Å². The number of nitrogens with one attached hydrogen (secondary N) is 1. The van der Waals surface area contributed by atoms with E-state index >= 15 is 0 Å². The van der Waals surface area contributed by atoms with Gasteiger partial charge in [0.25, 0.3) is 0 Å². The summed E-state index contributed by atoms with van der Waals surface area (Å²) in [5.41, 5.74) is 0.838. The molecule has 1 aliphatic heterocycles. The largest absolute Gasteiger partial charge is 0.314 e. The Morgan fingerprint density at radius 2 is 1.91 bits per heavy atom. The third kappa shape index (κ3) is 5.97. The van der Waals surface area contributed by atoms with E-state index in [-0.39, 0.29) is 36.7 Å². The lowest BCUT2D eigenvalue weighted by molar-refractivity contribution is 0.159. The number of hydrogen-bond acceptors (Lipinski definition) is 2. The Morgan fingerprint density at radius 3 is 2.50 bits per heavy atom. The standard InChI is InChI=1S/C16H24BrFN2.2ClH/c1-2-3-4-8-15(20-11-9-19-10-12-20)16-13(17)6-5-7-14(16)18;;/h5-7,15,19H,2-4,8-12H2,1H3;2*1H/t15-;;/m1../s1. The van der Waals surface area contributed by atoms with Crippen molar-refractivity contribution in [2.24, 2.45) is 0 Å². The van der Waals surface area contributed by atoms with Crippen molar-refractivity contribution in [3.8, 4) is 0 Å². The van der Waals surface area contributed by atoms with Crippen molar-refractivity contribution >= 4 is 40.7 Å². The number of rotatable bonds is 6. The monoisotopic (exact) mass is 414 g/mol. The molecule has 2 nitrogen and oxygen atoms in total. The topological polar surface area (TPSA) is 15.3 Å². The summed E-state index contributed by atoms with van der Waals surface area (Å²) in [7, 11) is 0. The van der Waals surface area contributed by atoms with Gasteiger partial charge in [-0.15, -0.1) is 24.8 Å². The summed E-state index contributed by atoms with van der Waals surface area (Å²) in [6.07, 6.45) is 4.61. The molecule has 2 rings (SSSR count). The molecule has 0 bridgehead atoms. The van der Waals surface area contributed by atoms with E-state index < -0.39 is 0 Å². The minimum absolute atomic E-state index is 0. The Labute approximate surface area is 154 Å². The van der Waals surface area contributed by atoms with Crippen molar-refractivity contribution in [3.63, 3.8) is 0 Å². The van der Waals surface area contributed by atoms with Gasteiger partial charge in [0.05, 0.1) is 0 Å². The number of benzene rings is 1. The molecule has 0 unspecified atom stereocenters. The molecule has 0 aromatic heterocycles. The summed E-state index contributed by atoms with van der Waals surface area (Å²) in [4.78, 5) is 2.43. The molecule has 128 valence electrons. The Hall–Kier alpha value is 0.130. The van der Waals surface area contributed by atoms with E-state index in [0.717, 1.165) is 49.1 Å². The van der Waals surface area contributed by atoms with Gasteiger partial charge in [0.1, 0.15) is 5.82 Å². The zero-order valence-corrected chi connectivity index (χ0v) is 16.2. The van der Waals surface area contributed by atoms with Crippen LogP contribution in [0.5, 0.6) is 0 Å². The number of hydrogen-bond donors (Lipinski definition) is 1. The molecule has 6 heteroatoms. The first kappa shape index (κ1) is 22.1. The van der Waals surface area contributed by atoms with Gasteiger partial charge in [-0.3, -0.25) is 4.90 Å². The highest BCUT2D eigenvalue weighted by Crippen LogP contribution is 2.34. The summed E-state index contributed by atoms with van der Waals surface area (Å²) < 4.78 is 15.2. The van der Waals surface area contributed by atoms with Crippen LogP contribution in [0.4, 0.5) is 4.39 Å². The van der Waals surface area contributed by atoms with Crippen LogP contribution in [0.1, 0.15) is 44.2 Å². The number of halogens is 4. The normalized spacial score (nSPS) is 16.5. The van der Waals surface area contributed by atoms with Crippen LogP contribution >= 0.6 is 40.7 Å². The van der Waals surface area contributed by atoms with E-state index in [1.165, 1.54) is 12.8 Å². The van der Waals surface area contributed by atoms with Crippen molar-refractivity contribution in [2.75, 3.05) is 26.2 Å². The van der Waals surface area contributed by atoms with Crippen LogP contribution in [0.25, 0.3) is 0 Å². The lowest BCUT2D eigenvalue weighted by Gasteiger charge is -2.36. The fraction of sp³-hybridized carbons (Fsp3) is 0.625. The zero-order valence-electron chi connectivity index (χ0n) is 13.0. The number of nitrogens with zero attached hydrogens (tertiary/aromatic N) is 1. The van der Waals surface area contributed by atoms with E-state index in [0.29, 0.717) is 0 Å². The summed E-state index contributed by atoms with van der Waals surface area (Å²) >= 11 is 3.54. The third-order valence-corrected chi connectivity index (χ3v) is 4.70. The molecule has 0 aliphatic carbocycles. The molecule has 1 heterocycles. The van der Waals surface area contributed by atoms with Crippen LogP contribution in [0.3, 0.4) is 0 Å². The maximum Gasteiger partial charge on any atom is 0.129 e. The fourth-order valence-corrected chi connectivity index (χ4v) is 3.53. The first-order valence-electron chi connectivity index (χ1n) is 7.62. The number of unbranched alkanes of at least 4 members (excludes halogenated alkanes) is 2. The van der Waals surface area contributed by atoms with Crippen LogP contribution in [0, 0.1) is 5.82 Å². The maximum atomic E-state index is 14.3. The minimum Gasteiger partial charge on any atom is -0.314 e. The Bertz CT molecular complexity index is 408. The molecule has 1 N–H and O–H groups in total. The lowest BCUT2D eigenvalue weighted by atomic mass is 9.97. The molecule has 1 aliphatic rings. The molecule has 0 amide bonds. The Kier molecular flexibility index (Phi) is 11.7. The molecule has 1 aromatic rings. The average molecular weight is 416 g/mol. The minimum atomic E-state index is -0.0839. The van der Waals surface area contributed by atoms with Crippen LogP contribution in [-0.2, 0) is 0 Å². The van der Waals surface area contributed by atoms with Gasteiger partial charge < -0.3 is 5.32 Å². The SMILES string of the molecule is CCCCC[C@H](c1c(F)cccc1Br)N1CCNCC1.Cl.Cl. The van der Waals surface area contributed by atoms with E-state index in [4.69, 9.17) is 0 Å².